The number of nitrogens with zero attached hydrogens (tertiary/aromatic N) is 2. The molecule has 0 aromatic heterocycles. The van der Waals surface area contributed by atoms with Crippen molar-refractivity contribution in [3.05, 3.63) is 0 Å². The lowest BCUT2D eigenvalue weighted by molar-refractivity contribution is -0.130. The van der Waals surface area contributed by atoms with Gasteiger partial charge in [-0.2, -0.15) is 0 Å². The number of carbonyl (C=O) groups is 1. The number of amides is 1. The zero-order valence-electron chi connectivity index (χ0n) is 12.5. The van der Waals surface area contributed by atoms with Gasteiger partial charge in [-0.25, -0.2) is 0 Å². The summed E-state index contributed by atoms with van der Waals surface area (Å²) in [6, 6.07) is 0.607. The van der Waals surface area contributed by atoms with Crippen LogP contribution in [-0.2, 0) is 4.79 Å². The maximum Gasteiger partial charge on any atom is 0.222 e. The third-order valence-electron chi connectivity index (χ3n) is 4.41. The summed E-state index contributed by atoms with van der Waals surface area (Å²) in [6.07, 6.45) is 6.54. The summed E-state index contributed by atoms with van der Waals surface area (Å²) in [4.78, 5) is 16.8. The minimum Gasteiger partial charge on any atom is -0.341 e. The van der Waals surface area contributed by atoms with Gasteiger partial charge < -0.3 is 10.6 Å². The molecule has 2 N–H and O–H groups in total. The molecule has 4 heteroatoms. The number of piperidine rings is 1. The van der Waals surface area contributed by atoms with Crippen molar-refractivity contribution in [3.63, 3.8) is 0 Å². The van der Waals surface area contributed by atoms with Crippen LogP contribution in [0.25, 0.3) is 0 Å². The van der Waals surface area contributed by atoms with Gasteiger partial charge in [0.05, 0.1) is 0 Å². The van der Waals surface area contributed by atoms with Crippen LogP contribution >= 0.6 is 0 Å². The fraction of sp³-hybridized carbons (Fsp3) is 0.933. The Hall–Kier alpha value is -0.610. The van der Waals surface area contributed by atoms with E-state index < -0.39 is 0 Å². The van der Waals surface area contributed by atoms with Gasteiger partial charge in [0, 0.05) is 31.1 Å². The first kappa shape index (κ1) is 14.8. The molecule has 2 rings (SSSR count). The Balaban J connectivity index is 1.76. The van der Waals surface area contributed by atoms with Crippen LogP contribution in [0.3, 0.4) is 0 Å². The Morgan fingerprint density at radius 1 is 1.21 bits per heavy atom. The molecule has 0 spiro atoms. The van der Waals surface area contributed by atoms with Gasteiger partial charge >= 0.3 is 0 Å². The van der Waals surface area contributed by atoms with E-state index in [2.05, 4.69) is 4.90 Å². The number of carbonyl (C=O) groups excluding carboxylic acids is 1. The average molecular weight is 267 g/mol. The number of rotatable bonds is 4. The molecule has 0 aromatic rings. The molecule has 1 atom stereocenters. The summed E-state index contributed by atoms with van der Waals surface area (Å²) >= 11 is 0. The van der Waals surface area contributed by atoms with Crippen LogP contribution in [-0.4, -0.2) is 53.5 Å². The first-order valence-electron chi connectivity index (χ1n) is 7.76. The van der Waals surface area contributed by atoms with E-state index >= 15 is 0 Å². The molecule has 0 radical (unpaired) electrons. The first-order valence-corrected chi connectivity index (χ1v) is 7.76. The second kappa shape index (κ2) is 6.23. The van der Waals surface area contributed by atoms with Crippen molar-refractivity contribution in [3.8, 4) is 0 Å². The summed E-state index contributed by atoms with van der Waals surface area (Å²) in [6.45, 7) is 8.29. The van der Waals surface area contributed by atoms with Gasteiger partial charge in [0.25, 0.3) is 0 Å². The summed E-state index contributed by atoms with van der Waals surface area (Å²) in [5, 5.41) is 0. The van der Waals surface area contributed by atoms with Gasteiger partial charge in [0.1, 0.15) is 0 Å². The smallest absolute Gasteiger partial charge is 0.222 e. The van der Waals surface area contributed by atoms with Gasteiger partial charge in [-0.15, -0.1) is 0 Å². The fourth-order valence-electron chi connectivity index (χ4n) is 3.14. The van der Waals surface area contributed by atoms with Crippen molar-refractivity contribution < 1.29 is 4.79 Å². The highest BCUT2D eigenvalue weighted by molar-refractivity contribution is 5.76. The summed E-state index contributed by atoms with van der Waals surface area (Å²) in [5.41, 5.74) is 5.71. The van der Waals surface area contributed by atoms with Crippen molar-refractivity contribution in [2.45, 2.75) is 64.0 Å². The van der Waals surface area contributed by atoms with Crippen LogP contribution in [0.5, 0.6) is 0 Å². The molecule has 0 aromatic carbocycles. The van der Waals surface area contributed by atoms with Crippen molar-refractivity contribution in [1.29, 1.82) is 0 Å². The van der Waals surface area contributed by atoms with Gasteiger partial charge in [-0.05, 0) is 52.6 Å². The molecule has 0 saturated carbocycles. The van der Waals surface area contributed by atoms with E-state index in [-0.39, 0.29) is 11.4 Å². The van der Waals surface area contributed by atoms with Crippen molar-refractivity contribution in [2.24, 2.45) is 5.73 Å². The van der Waals surface area contributed by atoms with Gasteiger partial charge in [-0.3, -0.25) is 9.69 Å². The number of likely N-dealkylation sites (tertiary alicyclic amines) is 2. The molecule has 2 saturated heterocycles. The van der Waals surface area contributed by atoms with E-state index in [1.807, 2.05) is 18.7 Å². The van der Waals surface area contributed by atoms with Crippen LogP contribution in [0.1, 0.15) is 52.4 Å². The summed E-state index contributed by atoms with van der Waals surface area (Å²) < 4.78 is 0. The van der Waals surface area contributed by atoms with Crippen molar-refractivity contribution in [2.75, 3.05) is 26.2 Å². The van der Waals surface area contributed by atoms with Gasteiger partial charge in [-0.1, -0.05) is 6.42 Å². The van der Waals surface area contributed by atoms with E-state index in [1.54, 1.807) is 0 Å². The maximum absolute atomic E-state index is 12.2. The molecule has 1 amide bonds. The SMILES string of the molecule is CC(C)(N)CCC(=O)N1CCC(N2CCCCC2)C1. The molecule has 1 unspecified atom stereocenters. The zero-order chi connectivity index (χ0) is 13.9. The lowest BCUT2D eigenvalue weighted by Crippen LogP contribution is -2.42. The van der Waals surface area contributed by atoms with E-state index in [0.717, 1.165) is 25.9 Å². The Kier molecular flexibility index (Phi) is 4.85. The Morgan fingerprint density at radius 2 is 1.89 bits per heavy atom. The summed E-state index contributed by atoms with van der Waals surface area (Å²) in [7, 11) is 0. The highest BCUT2D eigenvalue weighted by Crippen LogP contribution is 2.21. The molecule has 0 aliphatic carbocycles. The third kappa shape index (κ3) is 4.46. The topological polar surface area (TPSA) is 49.6 Å². The Labute approximate surface area is 117 Å². The van der Waals surface area contributed by atoms with E-state index in [1.165, 1.54) is 32.4 Å². The lowest BCUT2D eigenvalue weighted by Gasteiger charge is -2.32. The zero-order valence-corrected chi connectivity index (χ0v) is 12.5. The number of nitrogens with two attached hydrogens (primary N) is 1. The molecule has 0 bridgehead atoms. The van der Waals surface area contributed by atoms with Gasteiger partial charge in [0.2, 0.25) is 5.91 Å². The lowest BCUT2D eigenvalue weighted by atomic mass is 10.00. The second-order valence-corrected chi connectivity index (χ2v) is 6.87. The molecule has 2 fully saturated rings. The first-order chi connectivity index (χ1) is 8.96. The molecular weight excluding hydrogens is 238 g/mol. The van der Waals surface area contributed by atoms with Gasteiger partial charge in [0.15, 0.2) is 0 Å². The van der Waals surface area contributed by atoms with Crippen LogP contribution in [0, 0.1) is 0 Å². The molecule has 4 nitrogen and oxygen atoms in total. The Bertz CT molecular complexity index is 305. The quantitative estimate of drug-likeness (QED) is 0.841. The molecular formula is C15H29N3O. The van der Waals surface area contributed by atoms with Crippen molar-refractivity contribution in [1.82, 2.24) is 9.80 Å². The maximum atomic E-state index is 12.2. The van der Waals surface area contributed by atoms with Crippen LogP contribution in [0.2, 0.25) is 0 Å². The third-order valence-corrected chi connectivity index (χ3v) is 4.41. The van der Waals surface area contributed by atoms with Crippen molar-refractivity contribution >= 4 is 5.91 Å². The minimum atomic E-state index is -0.234. The van der Waals surface area contributed by atoms with E-state index in [4.69, 9.17) is 5.73 Å². The molecule has 2 aliphatic rings. The van der Waals surface area contributed by atoms with Crippen LogP contribution in [0.4, 0.5) is 0 Å². The summed E-state index contributed by atoms with van der Waals surface area (Å²) in [5.74, 6) is 0.290. The second-order valence-electron chi connectivity index (χ2n) is 6.87. The van der Waals surface area contributed by atoms with Crippen LogP contribution in [0.15, 0.2) is 0 Å². The normalized spacial score (nSPS) is 25.8. The number of hydrogen-bond donors (Lipinski definition) is 1. The molecule has 2 aliphatic heterocycles. The molecule has 19 heavy (non-hydrogen) atoms. The van der Waals surface area contributed by atoms with E-state index in [0.29, 0.717) is 12.5 Å². The monoisotopic (exact) mass is 267 g/mol. The number of hydrogen-bond acceptors (Lipinski definition) is 3. The van der Waals surface area contributed by atoms with Crippen LogP contribution < -0.4 is 5.73 Å². The van der Waals surface area contributed by atoms with E-state index in [9.17, 15) is 4.79 Å². The highest BCUT2D eigenvalue weighted by atomic mass is 16.2. The Morgan fingerprint density at radius 3 is 2.53 bits per heavy atom. The fourth-order valence-corrected chi connectivity index (χ4v) is 3.14. The largest absolute Gasteiger partial charge is 0.341 e. The average Bonchev–Trinajstić information content (AvgIpc) is 2.86. The highest BCUT2D eigenvalue weighted by Gasteiger charge is 2.31. The minimum absolute atomic E-state index is 0.234. The molecule has 2 heterocycles. The predicted molar refractivity (Wildman–Crippen MR) is 77.9 cm³/mol. The predicted octanol–water partition coefficient (Wildman–Crippen LogP) is 1.59. The molecule has 110 valence electrons. The standard InChI is InChI=1S/C15H29N3O/c1-15(2,16)8-6-14(19)18-11-7-13(12-18)17-9-4-3-5-10-17/h13H,3-12,16H2,1-2H3.